The van der Waals surface area contributed by atoms with Crippen molar-refractivity contribution in [2.24, 2.45) is 22.5 Å². The number of amidine groups is 1. The Morgan fingerprint density at radius 3 is 2.44 bits per heavy atom. The monoisotopic (exact) mass is 255 g/mol. The molecule has 7 N–H and O–H groups in total. The fourth-order valence-electron chi connectivity index (χ4n) is 1.66. The van der Waals surface area contributed by atoms with E-state index in [-0.39, 0.29) is 0 Å². The molecule has 0 aliphatic carbocycles. The summed E-state index contributed by atoms with van der Waals surface area (Å²) in [5.74, 6) is 10.8. The van der Waals surface area contributed by atoms with Gasteiger partial charge in [0.2, 0.25) is 0 Å². The van der Waals surface area contributed by atoms with Gasteiger partial charge in [-0.05, 0) is 5.56 Å². The maximum atomic E-state index is 12.6. The van der Waals surface area contributed by atoms with Crippen molar-refractivity contribution in [3.8, 4) is 0 Å². The van der Waals surface area contributed by atoms with Gasteiger partial charge in [0.15, 0.2) is 5.84 Å². The molecule has 6 nitrogen and oxygen atoms in total. The number of rotatable bonds is 5. The van der Waals surface area contributed by atoms with Crippen LogP contribution in [0.1, 0.15) is 17.2 Å². The third kappa shape index (κ3) is 3.16. The highest BCUT2D eigenvalue weighted by atomic mass is 19.1. The summed E-state index contributed by atoms with van der Waals surface area (Å²) in [5.41, 5.74) is 9.50. The molecule has 18 heavy (non-hydrogen) atoms. The quantitative estimate of drug-likeness (QED) is 0.251. The van der Waals surface area contributed by atoms with Crippen LogP contribution in [0.5, 0.6) is 0 Å². The first-order chi connectivity index (χ1) is 8.67. The van der Waals surface area contributed by atoms with Crippen molar-refractivity contribution in [2.75, 3.05) is 13.8 Å². The van der Waals surface area contributed by atoms with Crippen LogP contribution in [-0.2, 0) is 4.74 Å². The van der Waals surface area contributed by atoms with Crippen molar-refractivity contribution in [1.29, 1.82) is 0 Å². The number of benzene rings is 1. The zero-order valence-electron chi connectivity index (χ0n) is 10.1. The van der Waals surface area contributed by atoms with E-state index in [1.54, 1.807) is 24.3 Å². The van der Waals surface area contributed by atoms with Crippen LogP contribution in [0.25, 0.3) is 0 Å². The Hall–Kier alpha value is -1.70. The van der Waals surface area contributed by atoms with Gasteiger partial charge in [0.25, 0.3) is 0 Å². The molecule has 0 radical (unpaired) electrons. The van der Waals surface area contributed by atoms with E-state index >= 15 is 0 Å². The van der Waals surface area contributed by atoms with Gasteiger partial charge in [0.1, 0.15) is 6.67 Å². The van der Waals surface area contributed by atoms with Gasteiger partial charge in [-0.15, -0.1) is 0 Å². The summed E-state index contributed by atoms with van der Waals surface area (Å²) in [5, 5.41) is 3.49. The number of halogens is 1. The molecule has 0 fully saturated rings. The second-order valence-corrected chi connectivity index (χ2v) is 3.72. The summed E-state index contributed by atoms with van der Waals surface area (Å²) in [4.78, 5) is 0. The summed E-state index contributed by atoms with van der Waals surface area (Å²) in [7, 11) is 1.49. The first-order valence-electron chi connectivity index (χ1n) is 5.37. The van der Waals surface area contributed by atoms with Crippen molar-refractivity contribution in [3.05, 3.63) is 35.4 Å². The number of nitrogens with zero attached hydrogens (tertiary/aromatic N) is 1. The molecule has 7 heteroatoms. The van der Waals surface area contributed by atoms with E-state index in [1.165, 1.54) is 7.11 Å². The number of hydrazine groups is 1. The smallest absolute Gasteiger partial charge is 0.166 e. The van der Waals surface area contributed by atoms with Gasteiger partial charge in [-0.2, -0.15) is 5.10 Å². The lowest BCUT2D eigenvalue weighted by atomic mass is 10.0. The third-order valence-corrected chi connectivity index (χ3v) is 2.60. The lowest BCUT2D eigenvalue weighted by Crippen LogP contribution is -2.33. The summed E-state index contributed by atoms with van der Waals surface area (Å²) < 4.78 is 17.7. The van der Waals surface area contributed by atoms with Gasteiger partial charge < -0.3 is 21.7 Å². The molecule has 0 saturated carbocycles. The lowest BCUT2D eigenvalue weighted by Gasteiger charge is -2.20. The normalized spacial score (nSPS) is 15.2. The topological polar surface area (TPSA) is 112 Å². The maximum Gasteiger partial charge on any atom is 0.166 e. The molecule has 0 saturated heterocycles. The van der Waals surface area contributed by atoms with Crippen LogP contribution in [0.4, 0.5) is 4.39 Å². The highest BCUT2D eigenvalue weighted by Crippen LogP contribution is 2.20. The van der Waals surface area contributed by atoms with Crippen LogP contribution >= 0.6 is 0 Å². The number of methoxy groups -OCH3 is 1. The second-order valence-electron chi connectivity index (χ2n) is 3.72. The molecule has 1 aromatic rings. The number of ether oxygens (including phenoxy) is 1. The largest absolute Gasteiger partial charge is 0.375 e. The summed E-state index contributed by atoms with van der Waals surface area (Å²) in [6.07, 6.45) is -0.492. The minimum Gasteiger partial charge on any atom is -0.375 e. The van der Waals surface area contributed by atoms with Gasteiger partial charge in [-0.25, -0.2) is 10.2 Å². The SMILES string of the molecule is COC(c1ccc(/C(=N/N)NN)cc1)C(N)CF. The van der Waals surface area contributed by atoms with E-state index in [0.717, 1.165) is 5.56 Å². The number of alkyl halides is 1. The van der Waals surface area contributed by atoms with Crippen LogP contribution in [0.15, 0.2) is 29.4 Å². The second kappa shape index (κ2) is 6.90. The number of nitrogens with one attached hydrogen (secondary N) is 1. The zero-order chi connectivity index (χ0) is 13.5. The lowest BCUT2D eigenvalue weighted by molar-refractivity contribution is 0.0721. The van der Waals surface area contributed by atoms with E-state index in [9.17, 15) is 4.39 Å². The maximum absolute atomic E-state index is 12.6. The van der Waals surface area contributed by atoms with E-state index in [0.29, 0.717) is 11.4 Å². The van der Waals surface area contributed by atoms with Crippen LogP contribution in [0.3, 0.4) is 0 Å². The van der Waals surface area contributed by atoms with Crippen LogP contribution in [0, 0.1) is 0 Å². The van der Waals surface area contributed by atoms with Crippen molar-refractivity contribution >= 4 is 5.84 Å². The van der Waals surface area contributed by atoms with E-state index in [2.05, 4.69) is 10.5 Å². The molecular weight excluding hydrogens is 237 g/mol. The minimum atomic E-state index is -0.698. The molecule has 0 aromatic heterocycles. The Balaban J connectivity index is 2.94. The molecule has 0 spiro atoms. The fraction of sp³-hybridized carbons (Fsp3) is 0.364. The van der Waals surface area contributed by atoms with Gasteiger partial charge in [-0.3, -0.25) is 0 Å². The molecule has 2 unspecified atom stereocenters. The molecule has 0 heterocycles. The van der Waals surface area contributed by atoms with Crippen LogP contribution in [-0.4, -0.2) is 25.7 Å². The molecule has 0 amide bonds. The van der Waals surface area contributed by atoms with Gasteiger partial charge in [-0.1, -0.05) is 24.3 Å². The molecule has 0 aliphatic heterocycles. The number of hydrazone groups is 1. The number of hydrogen-bond acceptors (Lipinski definition) is 5. The predicted octanol–water partition coefficient (Wildman–Crippen LogP) is -0.245. The van der Waals surface area contributed by atoms with Gasteiger partial charge >= 0.3 is 0 Å². The molecular formula is C11H18FN5O. The molecule has 2 atom stereocenters. The van der Waals surface area contributed by atoms with Crippen LogP contribution in [0.2, 0.25) is 0 Å². The van der Waals surface area contributed by atoms with Gasteiger partial charge in [0, 0.05) is 12.7 Å². The summed E-state index contributed by atoms with van der Waals surface area (Å²) >= 11 is 0. The fourth-order valence-corrected chi connectivity index (χ4v) is 1.66. The van der Waals surface area contributed by atoms with Crippen molar-refractivity contribution in [1.82, 2.24) is 5.43 Å². The predicted molar refractivity (Wildman–Crippen MR) is 68.2 cm³/mol. The first kappa shape index (κ1) is 14.4. The summed E-state index contributed by atoms with van der Waals surface area (Å²) in [6.45, 7) is -0.653. The average molecular weight is 255 g/mol. The highest BCUT2D eigenvalue weighted by Gasteiger charge is 2.19. The number of nitrogens with two attached hydrogens (primary N) is 3. The van der Waals surface area contributed by atoms with Crippen molar-refractivity contribution < 1.29 is 9.13 Å². The summed E-state index contributed by atoms with van der Waals surface area (Å²) in [6, 6.07) is 6.33. The average Bonchev–Trinajstić information content (AvgIpc) is 2.42. The third-order valence-electron chi connectivity index (χ3n) is 2.60. The molecule has 0 aliphatic rings. The van der Waals surface area contributed by atoms with E-state index < -0.39 is 18.8 Å². The Bertz CT molecular complexity index is 395. The first-order valence-corrected chi connectivity index (χ1v) is 5.37. The zero-order valence-corrected chi connectivity index (χ0v) is 10.1. The molecule has 100 valence electrons. The Morgan fingerprint density at radius 2 is 2.06 bits per heavy atom. The molecule has 1 aromatic carbocycles. The van der Waals surface area contributed by atoms with E-state index in [4.69, 9.17) is 22.2 Å². The van der Waals surface area contributed by atoms with Crippen molar-refractivity contribution in [2.45, 2.75) is 12.1 Å². The molecule has 0 bridgehead atoms. The molecule has 1 rings (SSSR count). The Morgan fingerprint density at radius 1 is 1.44 bits per heavy atom. The Kier molecular flexibility index (Phi) is 5.50. The van der Waals surface area contributed by atoms with Crippen LogP contribution < -0.4 is 22.8 Å². The number of hydrogen-bond donors (Lipinski definition) is 4. The standard InChI is InChI=1S/C11H18FN5O/c1-18-10(9(13)6-12)7-2-4-8(5-3-7)11(16-14)17-15/h2-5,9-10H,6,13-15H2,1H3,(H,16,17). The van der Waals surface area contributed by atoms with Crippen molar-refractivity contribution in [3.63, 3.8) is 0 Å². The van der Waals surface area contributed by atoms with Gasteiger partial charge in [0.05, 0.1) is 12.1 Å². The Labute approximate surface area is 105 Å². The van der Waals surface area contributed by atoms with E-state index in [1.807, 2.05) is 0 Å². The minimum absolute atomic E-state index is 0.352. The highest BCUT2D eigenvalue weighted by molar-refractivity contribution is 5.98.